The molecular formula is C21H15F2N7O. The fraction of sp³-hybridized carbons (Fsp3) is 0.0952. The second kappa shape index (κ2) is 7.24. The number of benzene rings is 2. The number of nitrogens with zero attached hydrogens (tertiary/aromatic N) is 5. The molecule has 0 bridgehead atoms. The number of nitrogens with one attached hydrogen (secondary N) is 2. The zero-order valence-electron chi connectivity index (χ0n) is 16.2. The molecule has 8 nitrogen and oxygen atoms in total. The third kappa shape index (κ3) is 3.18. The van der Waals surface area contributed by atoms with Crippen LogP contribution >= 0.6 is 0 Å². The van der Waals surface area contributed by atoms with Crippen LogP contribution < -0.4 is 10.9 Å². The maximum absolute atomic E-state index is 14.5. The standard InChI is InChI=1S/C21H15F2N7O/c1-11(28-19-17-18(25-9-24-17)26-10-27-19)20-29-15-4-2-3-14(23)16(15)21(31)30(20)13-7-5-12(22)6-8-13/h2-11H,1H3,(H2,24,25,26,27,28). The zero-order valence-corrected chi connectivity index (χ0v) is 16.2. The van der Waals surface area contributed by atoms with Crippen LogP contribution in [-0.4, -0.2) is 29.5 Å². The van der Waals surface area contributed by atoms with Crippen LogP contribution in [0.4, 0.5) is 14.6 Å². The van der Waals surface area contributed by atoms with Crippen molar-refractivity contribution in [3.63, 3.8) is 0 Å². The molecule has 154 valence electrons. The molecule has 0 radical (unpaired) electrons. The van der Waals surface area contributed by atoms with Crippen LogP contribution in [0.15, 0.2) is 59.9 Å². The summed E-state index contributed by atoms with van der Waals surface area (Å²) in [6.07, 6.45) is 2.88. The average molecular weight is 419 g/mol. The quantitative estimate of drug-likeness (QED) is 0.462. The predicted octanol–water partition coefficient (Wildman–Crippen LogP) is 3.50. The number of aromatic amines is 1. The van der Waals surface area contributed by atoms with E-state index in [-0.39, 0.29) is 10.9 Å². The smallest absolute Gasteiger partial charge is 0.269 e. The molecular weight excluding hydrogens is 404 g/mol. The largest absolute Gasteiger partial charge is 0.358 e. The first-order valence-electron chi connectivity index (χ1n) is 9.40. The number of H-pyrrole nitrogens is 1. The van der Waals surface area contributed by atoms with Crippen LogP contribution in [0.5, 0.6) is 0 Å². The number of hydrogen-bond donors (Lipinski definition) is 2. The highest BCUT2D eigenvalue weighted by Gasteiger charge is 2.21. The van der Waals surface area contributed by atoms with Crippen molar-refractivity contribution in [2.45, 2.75) is 13.0 Å². The molecule has 0 aliphatic carbocycles. The van der Waals surface area contributed by atoms with E-state index in [2.05, 4.69) is 30.2 Å². The molecule has 0 aliphatic heterocycles. The van der Waals surface area contributed by atoms with Crippen LogP contribution in [0, 0.1) is 11.6 Å². The first kappa shape index (κ1) is 18.8. The Balaban J connectivity index is 1.71. The summed E-state index contributed by atoms with van der Waals surface area (Å²) in [6, 6.07) is 9.07. The third-order valence-corrected chi connectivity index (χ3v) is 4.92. The molecule has 0 saturated carbocycles. The summed E-state index contributed by atoms with van der Waals surface area (Å²) in [4.78, 5) is 33.3. The molecule has 1 unspecified atom stereocenters. The number of fused-ring (bicyclic) bond motifs is 2. The molecule has 0 saturated heterocycles. The van der Waals surface area contributed by atoms with Crippen LogP contribution in [0.3, 0.4) is 0 Å². The first-order valence-corrected chi connectivity index (χ1v) is 9.40. The van der Waals surface area contributed by atoms with Crippen molar-refractivity contribution in [1.82, 2.24) is 29.5 Å². The number of halogens is 2. The van der Waals surface area contributed by atoms with E-state index < -0.39 is 23.2 Å². The second-order valence-corrected chi connectivity index (χ2v) is 6.91. The molecule has 3 aromatic heterocycles. The van der Waals surface area contributed by atoms with Crippen LogP contribution in [0.2, 0.25) is 0 Å². The molecule has 0 fully saturated rings. The van der Waals surface area contributed by atoms with E-state index >= 15 is 0 Å². The Bertz CT molecular complexity index is 1480. The Morgan fingerprint density at radius 2 is 1.87 bits per heavy atom. The van der Waals surface area contributed by atoms with Gasteiger partial charge in [0.25, 0.3) is 5.56 Å². The monoisotopic (exact) mass is 419 g/mol. The highest BCUT2D eigenvalue weighted by atomic mass is 19.1. The Kier molecular flexibility index (Phi) is 4.39. The highest BCUT2D eigenvalue weighted by molar-refractivity contribution is 5.82. The summed E-state index contributed by atoms with van der Waals surface area (Å²) in [6.45, 7) is 1.79. The third-order valence-electron chi connectivity index (χ3n) is 4.92. The SMILES string of the molecule is CC(Nc1ncnc2[nH]cnc12)c1nc2cccc(F)c2c(=O)n1-c1ccc(F)cc1. The van der Waals surface area contributed by atoms with Gasteiger partial charge in [0, 0.05) is 0 Å². The van der Waals surface area contributed by atoms with Gasteiger partial charge < -0.3 is 10.3 Å². The number of aromatic nitrogens is 6. The van der Waals surface area contributed by atoms with Crippen molar-refractivity contribution < 1.29 is 8.78 Å². The molecule has 0 amide bonds. The number of hydrogen-bond acceptors (Lipinski definition) is 6. The molecule has 31 heavy (non-hydrogen) atoms. The first-order chi connectivity index (χ1) is 15.0. The van der Waals surface area contributed by atoms with Gasteiger partial charge in [0.15, 0.2) is 11.5 Å². The molecule has 2 N–H and O–H groups in total. The van der Waals surface area contributed by atoms with Crippen molar-refractivity contribution in [2.24, 2.45) is 0 Å². The van der Waals surface area contributed by atoms with Gasteiger partial charge in [-0.05, 0) is 43.3 Å². The van der Waals surface area contributed by atoms with Gasteiger partial charge in [-0.3, -0.25) is 9.36 Å². The Hall–Kier alpha value is -4.21. The minimum Gasteiger partial charge on any atom is -0.358 e. The summed E-state index contributed by atoms with van der Waals surface area (Å²) in [5.74, 6) is -0.381. The lowest BCUT2D eigenvalue weighted by atomic mass is 10.2. The summed E-state index contributed by atoms with van der Waals surface area (Å²) in [5.41, 5.74) is 1.07. The van der Waals surface area contributed by atoms with E-state index in [0.717, 1.165) is 0 Å². The van der Waals surface area contributed by atoms with Crippen molar-refractivity contribution in [1.29, 1.82) is 0 Å². The lowest BCUT2D eigenvalue weighted by molar-refractivity contribution is 0.625. The van der Waals surface area contributed by atoms with E-state index in [9.17, 15) is 13.6 Å². The molecule has 0 aliphatic rings. The summed E-state index contributed by atoms with van der Waals surface area (Å²) in [5, 5.41) is 3.05. The minimum absolute atomic E-state index is 0.139. The molecule has 1 atom stereocenters. The zero-order chi connectivity index (χ0) is 21.5. The van der Waals surface area contributed by atoms with Crippen molar-refractivity contribution >= 4 is 27.9 Å². The Morgan fingerprint density at radius 3 is 2.68 bits per heavy atom. The fourth-order valence-corrected chi connectivity index (χ4v) is 3.48. The van der Waals surface area contributed by atoms with Crippen LogP contribution in [0.25, 0.3) is 27.8 Å². The Labute approximate surface area is 173 Å². The molecule has 5 aromatic rings. The van der Waals surface area contributed by atoms with Crippen LogP contribution in [0.1, 0.15) is 18.8 Å². The van der Waals surface area contributed by atoms with Gasteiger partial charge in [-0.15, -0.1) is 0 Å². The maximum Gasteiger partial charge on any atom is 0.269 e. The van der Waals surface area contributed by atoms with Gasteiger partial charge in [-0.1, -0.05) is 6.07 Å². The van der Waals surface area contributed by atoms with E-state index in [1.165, 1.54) is 53.6 Å². The number of imidazole rings is 1. The second-order valence-electron chi connectivity index (χ2n) is 6.91. The molecule has 2 aromatic carbocycles. The number of anilines is 1. The van der Waals surface area contributed by atoms with Gasteiger partial charge in [0.1, 0.15) is 34.7 Å². The van der Waals surface area contributed by atoms with Gasteiger partial charge in [-0.25, -0.2) is 28.7 Å². The van der Waals surface area contributed by atoms with E-state index in [1.54, 1.807) is 13.0 Å². The summed E-state index contributed by atoms with van der Waals surface area (Å²) >= 11 is 0. The van der Waals surface area contributed by atoms with E-state index in [1.807, 2.05) is 0 Å². The predicted molar refractivity (Wildman–Crippen MR) is 111 cm³/mol. The van der Waals surface area contributed by atoms with Gasteiger partial charge in [-0.2, -0.15) is 0 Å². The average Bonchev–Trinajstić information content (AvgIpc) is 3.24. The maximum atomic E-state index is 14.5. The van der Waals surface area contributed by atoms with E-state index in [0.29, 0.717) is 28.5 Å². The highest BCUT2D eigenvalue weighted by Crippen LogP contribution is 2.24. The van der Waals surface area contributed by atoms with Gasteiger partial charge >= 0.3 is 0 Å². The lowest BCUT2D eigenvalue weighted by Gasteiger charge is -2.20. The van der Waals surface area contributed by atoms with Crippen LogP contribution in [-0.2, 0) is 0 Å². The molecule has 5 rings (SSSR count). The normalized spacial score (nSPS) is 12.4. The van der Waals surface area contributed by atoms with Gasteiger partial charge in [0.2, 0.25) is 0 Å². The molecule has 3 heterocycles. The van der Waals surface area contributed by atoms with Crippen molar-refractivity contribution in [2.75, 3.05) is 5.32 Å². The van der Waals surface area contributed by atoms with Gasteiger partial charge in [0.05, 0.1) is 23.6 Å². The summed E-state index contributed by atoms with van der Waals surface area (Å²) in [7, 11) is 0. The molecule has 10 heteroatoms. The lowest BCUT2D eigenvalue weighted by Crippen LogP contribution is -2.28. The fourth-order valence-electron chi connectivity index (χ4n) is 3.48. The topological polar surface area (TPSA) is 101 Å². The summed E-state index contributed by atoms with van der Waals surface area (Å²) < 4.78 is 29.2. The number of rotatable bonds is 4. The van der Waals surface area contributed by atoms with E-state index in [4.69, 9.17) is 0 Å². The minimum atomic E-state index is -0.674. The van der Waals surface area contributed by atoms with Crippen molar-refractivity contribution in [3.05, 3.63) is 82.9 Å². The molecule has 0 spiro atoms. The van der Waals surface area contributed by atoms with Crippen molar-refractivity contribution in [3.8, 4) is 5.69 Å². The Morgan fingerprint density at radius 1 is 1.06 bits per heavy atom.